The Bertz CT molecular complexity index is 103. The molecular formula is C4H9N3O. The van der Waals surface area contributed by atoms with Gasteiger partial charge in [0.25, 0.3) is 0 Å². The molecule has 0 unspecified atom stereocenters. The van der Waals surface area contributed by atoms with Gasteiger partial charge in [-0.15, -0.1) is 0 Å². The van der Waals surface area contributed by atoms with Crippen molar-refractivity contribution in [1.82, 2.24) is 10.5 Å². The van der Waals surface area contributed by atoms with Gasteiger partial charge in [0.1, 0.15) is 0 Å². The maximum Gasteiger partial charge on any atom is 0.237 e. The second-order valence-corrected chi connectivity index (χ2v) is 1.78. The van der Waals surface area contributed by atoms with E-state index in [0.717, 1.165) is 13.0 Å². The predicted octanol–water partition coefficient (Wildman–Crippen LogP) is -1.01. The van der Waals surface area contributed by atoms with E-state index in [1.54, 1.807) is 0 Å². The van der Waals surface area contributed by atoms with Gasteiger partial charge < -0.3 is 0 Å². The highest BCUT2D eigenvalue weighted by Crippen LogP contribution is 2.04. The van der Waals surface area contributed by atoms with Crippen molar-refractivity contribution in [2.75, 3.05) is 6.54 Å². The smallest absolute Gasteiger partial charge is 0.237 e. The first-order chi connectivity index (χ1) is 3.84. The van der Waals surface area contributed by atoms with E-state index in [4.69, 9.17) is 5.84 Å². The molecule has 0 atom stereocenters. The lowest BCUT2D eigenvalue weighted by molar-refractivity contribution is -0.130. The molecule has 1 heterocycles. The van der Waals surface area contributed by atoms with Crippen LogP contribution < -0.4 is 11.4 Å². The highest BCUT2D eigenvalue weighted by Gasteiger charge is 2.17. The van der Waals surface area contributed by atoms with Gasteiger partial charge in [0.15, 0.2) is 0 Å². The third kappa shape index (κ3) is 0.801. The molecule has 46 valence electrons. The Hall–Kier alpha value is -0.610. The van der Waals surface area contributed by atoms with Crippen LogP contribution in [0.15, 0.2) is 0 Å². The maximum atomic E-state index is 10.6. The first-order valence-electron chi connectivity index (χ1n) is 2.61. The molecule has 0 saturated carbocycles. The molecule has 0 aromatic carbocycles. The summed E-state index contributed by atoms with van der Waals surface area (Å²) in [6.07, 6.45) is 1.55. The van der Waals surface area contributed by atoms with Gasteiger partial charge in [-0.3, -0.25) is 15.6 Å². The summed E-state index contributed by atoms with van der Waals surface area (Å²) < 4.78 is 0. The number of nitrogens with one attached hydrogen (secondary N) is 1. The van der Waals surface area contributed by atoms with Crippen LogP contribution in [0.3, 0.4) is 0 Å². The lowest BCUT2D eigenvalue weighted by Crippen LogP contribution is -2.43. The average molecular weight is 115 g/mol. The molecule has 1 saturated heterocycles. The molecule has 0 aromatic heterocycles. The van der Waals surface area contributed by atoms with Crippen molar-refractivity contribution in [1.29, 1.82) is 0 Å². The molecule has 0 aromatic rings. The molecule has 1 amide bonds. The number of carbonyl (C=O) groups is 1. The summed E-state index contributed by atoms with van der Waals surface area (Å²) in [6, 6.07) is 0. The van der Waals surface area contributed by atoms with Gasteiger partial charge in [0, 0.05) is 13.0 Å². The van der Waals surface area contributed by atoms with Crippen LogP contribution in [0.4, 0.5) is 0 Å². The van der Waals surface area contributed by atoms with Crippen LogP contribution in [0.2, 0.25) is 0 Å². The van der Waals surface area contributed by atoms with Crippen molar-refractivity contribution >= 4 is 5.91 Å². The van der Waals surface area contributed by atoms with E-state index in [0.29, 0.717) is 6.42 Å². The van der Waals surface area contributed by atoms with Crippen LogP contribution in [-0.2, 0) is 4.79 Å². The highest BCUT2D eigenvalue weighted by molar-refractivity contribution is 5.77. The zero-order chi connectivity index (χ0) is 5.98. The Labute approximate surface area is 47.6 Å². The van der Waals surface area contributed by atoms with E-state index in [9.17, 15) is 4.79 Å². The first-order valence-corrected chi connectivity index (χ1v) is 2.61. The van der Waals surface area contributed by atoms with E-state index in [1.807, 2.05) is 0 Å². The summed E-state index contributed by atoms with van der Waals surface area (Å²) >= 11 is 0. The van der Waals surface area contributed by atoms with Crippen molar-refractivity contribution in [3.8, 4) is 0 Å². The minimum Gasteiger partial charge on any atom is -0.273 e. The molecule has 4 heteroatoms. The molecule has 8 heavy (non-hydrogen) atoms. The number of amides is 1. The fourth-order valence-corrected chi connectivity index (χ4v) is 0.785. The van der Waals surface area contributed by atoms with Crippen LogP contribution in [-0.4, -0.2) is 17.5 Å². The third-order valence-corrected chi connectivity index (χ3v) is 1.23. The first kappa shape index (κ1) is 5.53. The van der Waals surface area contributed by atoms with E-state index < -0.39 is 0 Å². The second-order valence-electron chi connectivity index (χ2n) is 1.78. The van der Waals surface area contributed by atoms with Crippen molar-refractivity contribution in [2.24, 2.45) is 5.84 Å². The largest absolute Gasteiger partial charge is 0.273 e. The van der Waals surface area contributed by atoms with E-state index in [2.05, 4.69) is 5.53 Å². The number of hydrogen-bond acceptors (Lipinski definition) is 3. The fourth-order valence-electron chi connectivity index (χ4n) is 0.785. The summed E-state index contributed by atoms with van der Waals surface area (Å²) in [4.78, 5) is 10.6. The lowest BCUT2D eigenvalue weighted by Gasteiger charge is -2.10. The molecule has 0 spiro atoms. The molecule has 1 fully saturated rings. The number of carbonyl (C=O) groups excluding carboxylic acids is 1. The van der Waals surface area contributed by atoms with Gasteiger partial charge in [-0.05, 0) is 6.42 Å². The third-order valence-electron chi connectivity index (χ3n) is 1.23. The number of nitrogens with zero attached hydrogens (tertiary/aromatic N) is 1. The Kier molecular flexibility index (Phi) is 1.45. The SMILES string of the molecule is NNN1CCCC1=O. The molecule has 1 rings (SSSR count). The minimum atomic E-state index is 0.0903. The Morgan fingerprint density at radius 2 is 2.50 bits per heavy atom. The van der Waals surface area contributed by atoms with Gasteiger partial charge in [-0.2, -0.15) is 5.53 Å². The maximum absolute atomic E-state index is 10.6. The standard InChI is InChI=1S/C4H9N3O/c5-6-7-3-1-2-4(7)8/h6H,1-3,5H2. The monoisotopic (exact) mass is 115 g/mol. The molecule has 0 bridgehead atoms. The summed E-state index contributed by atoms with van der Waals surface area (Å²) in [5.74, 6) is 5.07. The van der Waals surface area contributed by atoms with Gasteiger partial charge >= 0.3 is 0 Å². The van der Waals surface area contributed by atoms with Crippen LogP contribution >= 0.6 is 0 Å². The quantitative estimate of drug-likeness (QED) is 0.340. The lowest BCUT2D eigenvalue weighted by atomic mass is 10.4. The van der Waals surface area contributed by atoms with Crippen molar-refractivity contribution in [3.63, 3.8) is 0 Å². The van der Waals surface area contributed by atoms with Gasteiger partial charge in [0.05, 0.1) is 0 Å². The summed E-state index contributed by atoms with van der Waals surface area (Å²) in [6.45, 7) is 0.745. The van der Waals surface area contributed by atoms with Crippen LogP contribution in [0.25, 0.3) is 0 Å². The van der Waals surface area contributed by atoms with Gasteiger partial charge in [0.2, 0.25) is 5.91 Å². The Morgan fingerprint density at radius 3 is 2.75 bits per heavy atom. The van der Waals surface area contributed by atoms with Crippen LogP contribution in [0, 0.1) is 0 Å². The second kappa shape index (κ2) is 2.11. The van der Waals surface area contributed by atoms with E-state index in [-0.39, 0.29) is 5.91 Å². The Balaban J connectivity index is 2.42. The fraction of sp³-hybridized carbons (Fsp3) is 0.750. The van der Waals surface area contributed by atoms with Crippen LogP contribution in [0.1, 0.15) is 12.8 Å². The van der Waals surface area contributed by atoms with Gasteiger partial charge in [-0.25, -0.2) is 0 Å². The van der Waals surface area contributed by atoms with Crippen molar-refractivity contribution < 1.29 is 4.79 Å². The number of hydrazine groups is 2. The number of hydrogen-bond donors (Lipinski definition) is 2. The topological polar surface area (TPSA) is 58.4 Å². The average Bonchev–Trinajstić information content (AvgIpc) is 2.14. The molecule has 4 nitrogen and oxygen atoms in total. The van der Waals surface area contributed by atoms with Crippen LogP contribution in [0.5, 0.6) is 0 Å². The minimum absolute atomic E-state index is 0.0903. The summed E-state index contributed by atoms with van der Waals surface area (Å²) in [7, 11) is 0. The molecule has 0 aliphatic carbocycles. The molecule has 3 N–H and O–H groups in total. The molecule has 1 aliphatic heterocycles. The van der Waals surface area contributed by atoms with Gasteiger partial charge in [-0.1, -0.05) is 0 Å². The zero-order valence-electron chi connectivity index (χ0n) is 4.55. The summed E-state index contributed by atoms with van der Waals surface area (Å²) in [5.41, 5.74) is 2.30. The number of nitrogens with two attached hydrogens (primary N) is 1. The predicted molar refractivity (Wildman–Crippen MR) is 28.3 cm³/mol. The van der Waals surface area contributed by atoms with Crippen molar-refractivity contribution in [3.05, 3.63) is 0 Å². The number of rotatable bonds is 1. The van der Waals surface area contributed by atoms with E-state index in [1.165, 1.54) is 5.01 Å². The molecule has 0 radical (unpaired) electrons. The zero-order valence-corrected chi connectivity index (χ0v) is 4.55. The van der Waals surface area contributed by atoms with E-state index >= 15 is 0 Å². The van der Waals surface area contributed by atoms with Crippen molar-refractivity contribution in [2.45, 2.75) is 12.8 Å². The molecular weight excluding hydrogens is 106 g/mol. The molecule has 1 aliphatic rings. The highest BCUT2D eigenvalue weighted by atomic mass is 16.2. The Morgan fingerprint density at radius 1 is 1.75 bits per heavy atom. The summed E-state index contributed by atoms with van der Waals surface area (Å²) in [5, 5.41) is 1.42. The normalized spacial score (nSPS) is 20.1.